The third-order valence-corrected chi connectivity index (χ3v) is 3.51. The molecule has 4 heteroatoms. The van der Waals surface area contributed by atoms with Crippen molar-refractivity contribution in [1.29, 1.82) is 0 Å². The first-order valence-corrected chi connectivity index (χ1v) is 7.20. The first-order valence-electron chi connectivity index (χ1n) is 7.20. The Hall–Kier alpha value is -2.33. The topological polar surface area (TPSA) is 48.1 Å². The van der Waals surface area contributed by atoms with E-state index in [2.05, 4.69) is 6.58 Å². The van der Waals surface area contributed by atoms with Crippen LogP contribution in [-0.4, -0.2) is 25.3 Å². The molecule has 2 aromatic carbocycles. The number of hydrogen-bond acceptors (Lipinski definition) is 4. The summed E-state index contributed by atoms with van der Waals surface area (Å²) in [5.41, 5.74) is 1.22. The summed E-state index contributed by atoms with van der Waals surface area (Å²) in [4.78, 5) is 11.8. The fourth-order valence-corrected chi connectivity index (χ4v) is 2.23. The first kappa shape index (κ1) is 14.6. The number of epoxide rings is 1. The second kappa shape index (κ2) is 5.81. The molecule has 1 saturated heterocycles. The molecule has 0 saturated carbocycles. The number of fused-ring (bicyclic) bond motifs is 1. The van der Waals surface area contributed by atoms with Crippen LogP contribution in [0.2, 0.25) is 0 Å². The van der Waals surface area contributed by atoms with Crippen molar-refractivity contribution in [3.63, 3.8) is 0 Å². The van der Waals surface area contributed by atoms with Crippen LogP contribution in [0.5, 0.6) is 11.5 Å². The molecule has 1 atom stereocenters. The molecular formula is C18H18O4. The number of esters is 1. The summed E-state index contributed by atoms with van der Waals surface area (Å²) in [6.45, 7) is 8.44. The van der Waals surface area contributed by atoms with Gasteiger partial charge in [-0.1, -0.05) is 30.8 Å². The van der Waals surface area contributed by atoms with Crippen molar-refractivity contribution < 1.29 is 19.0 Å². The lowest BCUT2D eigenvalue weighted by molar-refractivity contribution is -0.130. The third kappa shape index (κ3) is 2.97. The van der Waals surface area contributed by atoms with Crippen molar-refractivity contribution in [2.75, 3.05) is 13.2 Å². The lowest BCUT2D eigenvalue weighted by Crippen LogP contribution is -2.10. The predicted octanol–water partition coefficient (Wildman–Crippen LogP) is 3.41. The van der Waals surface area contributed by atoms with Crippen LogP contribution in [0.4, 0.5) is 0 Å². The highest BCUT2D eigenvalue weighted by atomic mass is 16.6. The van der Waals surface area contributed by atoms with Gasteiger partial charge < -0.3 is 14.2 Å². The zero-order chi connectivity index (χ0) is 15.7. The Balaban J connectivity index is 2.01. The molecule has 1 unspecified atom stereocenters. The summed E-state index contributed by atoms with van der Waals surface area (Å²) in [5, 5.41) is 1.77. The van der Waals surface area contributed by atoms with Gasteiger partial charge in [0.2, 0.25) is 0 Å². The Bertz CT molecular complexity index is 744. The quantitative estimate of drug-likeness (QED) is 0.367. The summed E-state index contributed by atoms with van der Waals surface area (Å²) in [5.74, 6) is 0.908. The van der Waals surface area contributed by atoms with Crippen LogP contribution >= 0.6 is 0 Å². The molecule has 2 aromatic rings. The highest BCUT2D eigenvalue weighted by Gasteiger charge is 2.24. The molecule has 0 N–H and O–H groups in total. The van der Waals surface area contributed by atoms with Crippen molar-refractivity contribution in [1.82, 2.24) is 0 Å². The standard InChI is InChI=1S/C18H18O4/c1-11(2)18(19)22-17-12(3)8-16(21-10-13-9-20-13)14-6-4-5-7-15(14)17/h4-8,13H,1,9-10H2,2-3H3. The Morgan fingerprint density at radius 3 is 2.68 bits per heavy atom. The maximum Gasteiger partial charge on any atom is 0.338 e. The smallest absolute Gasteiger partial charge is 0.338 e. The number of carbonyl (C=O) groups excluding carboxylic acids is 1. The molecule has 1 aliphatic rings. The first-order chi connectivity index (χ1) is 10.6. The van der Waals surface area contributed by atoms with E-state index in [1.807, 2.05) is 37.3 Å². The number of hydrogen-bond donors (Lipinski definition) is 0. The highest BCUT2D eigenvalue weighted by molar-refractivity contribution is 5.98. The van der Waals surface area contributed by atoms with Crippen LogP contribution < -0.4 is 9.47 Å². The largest absolute Gasteiger partial charge is 0.490 e. The van der Waals surface area contributed by atoms with Gasteiger partial charge in [-0.2, -0.15) is 0 Å². The Morgan fingerprint density at radius 2 is 2.05 bits per heavy atom. The van der Waals surface area contributed by atoms with Gasteiger partial charge in [0.05, 0.1) is 6.61 Å². The maximum absolute atomic E-state index is 11.8. The Kier molecular flexibility index (Phi) is 3.86. The molecule has 3 rings (SSSR count). The van der Waals surface area contributed by atoms with E-state index in [1.54, 1.807) is 6.92 Å². The molecule has 0 aliphatic carbocycles. The van der Waals surface area contributed by atoms with E-state index in [1.165, 1.54) is 0 Å². The van der Waals surface area contributed by atoms with Gasteiger partial charge in [0.25, 0.3) is 0 Å². The zero-order valence-electron chi connectivity index (χ0n) is 12.7. The van der Waals surface area contributed by atoms with Gasteiger partial charge in [0.15, 0.2) is 0 Å². The second-order valence-corrected chi connectivity index (χ2v) is 5.50. The van der Waals surface area contributed by atoms with Gasteiger partial charge in [-0.25, -0.2) is 4.79 Å². The molecule has 114 valence electrons. The molecular weight excluding hydrogens is 280 g/mol. The lowest BCUT2D eigenvalue weighted by atomic mass is 10.0. The minimum Gasteiger partial charge on any atom is -0.490 e. The summed E-state index contributed by atoms with van der Waals surface area (Å²) in [7, 11) is 0. The molecule has 22 heavy (non-hydrogen) atoms. The van der Waals surface area contributed by atoms with Gasteiger partial charge in [-0.3, -0.25) is 0 Å². The van der Waals surface area contributed by atoms with Crippen molar-refractivity contribution in [2.45, 2.75) is 20.0 Å². The fourth-order valence-electron chi connectivity index (χ4n) is 2.23. The molecule has 4 nitrogen and oxygen atoms in total. The van der Waals surface area contributed by atoms with E-state index in [0.29, 0.717) is 17.9 Å². The average molecular weight is 298 g/mol. The lowest BCUT2D eigenvalue weighted by Gasteiger charge is -2.15. The van der Waals surface area contributed by atoms with Crippen LogP contribution in [-0.2, 0) is 9.53 Å². The maximum atomic E-state index is 11.8. The third-order valence-electron chi connectivity index (χ3n) is 3.51. The van der Waals surface area contributed by atoms with Crippen LogP contribution in [0, 0.1) is 6.92 Å². The van der Waals surface area contributed by atoms with E-state index < -0.39 is 5.97 Å². The molecule has 0 aromatic heterocycles. The Labute approximate surface area is 129 Å². The highest BCUT2D eigenvalue weighted by Crippen LogP contribution is 2.37. The minimum atomic E-state index is -0.423. The van der Waals surface area contributed by atoms with E-state index in [4.69, 9.17) is 14.2 Å². The van der Waals surface area contributed by atoms with Crippen molar-refractivity contribution in [3.8, 4) is 11.5 Å². The van der Waals surface area contributed by atoms with Crippen molar-refractivity contribution >= 4 is 16.7 Å². The second-order valence-electron chi connectivity index (χ2n) is 5.50. The normalized spacial score (nSPS) is 16.4. The number of ether oxygens (including phenoxy) is 3. The van der Waals surface area contributed by atoms with E-state index in [-0.39, 0.29) is 6.10 Å². The number of benzene rings is 2. The van der Waals surface area contributed by atoms with Gasteiger partial charge in [0.1, 0.15) is 24.2 Å². The molecule has 0 bridgehead atoms. The SMILES string of the molecule is C=C(C)C(=O)Oc1c(C)cc(OCC2CO2)c2ccccc12. The van der Waals surface area contributed by atoms with Crippen LogP contribution in [0.25, 0.3) is 10.8 Å². The van der Waals surface area contributed by atoms with Crippen molar-refractivity contribution in [2.24, 2.45) is 0 Å². The van der Waals surface area contributed by atoms with Crippen molar-refractivity contribution in [3.05, 3.63) is 48.0 Å². The number of aryl methyl sites for hydroxylation is 1. The monoisotopic (exact) mass is 298 g/mol. The summed E-state index contributed by atoms with van der Waals surface area (Å²) in [6, 6.07) is 9.61. The fraction of sp³-hybridized carbons (Fsp3) is 0.278. The zero-order valence-corrected chi connectivity index (χ0v) is 12.7. The van der Waals surface area contributed by atoms with Crippen LogP contribution in [0.3, 0.4) is 0 Å². The summed E-state index contributed by atoms with van der Waals surface area (Å²) >= 11 is 0. The molecule has 0 radical (unpaired) electrons. The predicted molar refractivity (Wildman–Crippen MR) is 84.4 cm³/mol. The Morgan fingerprint density at radius 1 is 1.36 bits per heavy atom. The minimum absolute atomic E-state index is 0.194. The summed E-state index contributed by atoms with van der Waals surface area (Å²) < 4.78 is 16.5. The van der Waals surface area contributed by atoms with Gasteiger partial charge >= 0.3 is 5.97 Å². The van der Waals surface area contributed by atoms with E-state index in [9.17, 15) is 4.79 Å². The number of rotatable bonds is 5. The van der Waals surface area contributed by atoms with E-state index >= 15 is 0 Å². The number of carbonyl (C=O) groups is 1. The molecule has 1 heterocycles. The molecule has 1 fully saturated rings. The van der Waals surface area contributed by atoms with Crippen LogP contribution in [0.15, 0.2) is 42.5 Å². The molecule has 0 spiro atoms. The molecule has 0 amide bonds. The molecule has 1 aliphatic heterocycles. The van der Waals surface area contributed by atoms with E-state index in [0.717, 1.165) is 28.7 Å². The van der Waals surface area contributed by atoms with Gasteiger partial charge in [-0.15, -0.1) is 0 Å². The van der Waals surface area contributed by atoms with Crippen LogP contribution in [0.1, 0.15) is 12.5 Å². The van der Waals surface area contributed by atoms with Gasteiger partial charge in [0, 0.05) is 16.3 Å². The summed E-state index contributed by atoms with van der Waals surface area (Å²) in [6.07, 6.45) is 0.194. The van der Waals surface area contributed by atoms with Gasteiger partial charge in [-0.05, 0) is 25.5 Å². The average Bonchev–Trinajstić information content (AvgIpc) is 3.32.